The summed E-state index contributed by atoms with van der Waals surface area (Å²) in [7, 11) is 0. The number of fused-ring (bicyclic) bond motifs is 6. The molecule has 0 spiro atoms. The molecule has 2 heterocycles. The quantitative estimate of drug-likeness (QED) is 0.138. The van der Waals surface area contributed by atoms with Gasteiger partial charge in [0.2, 0.25) is 0 Å². The Bertz CT molecular complexity index is 2750. The number of rotatable bonds is 5. The summed E-state index contributed by atoms with van der Waals surface area (Å²) in [4.78, 5) is 12.0. The summed E-state index contributed by atoms with van der Waals surface area (Å²) in [5.41, 5.74) is 12.0. The summed E-state index contributed by atoms with van der Waals surface area (Å²) in [6.07, 6.45) is 3.92. The molecular formula is C47H33N3. The number of allylic oxidation sites excluding steroid dienone is 1. The monoisotopic (exact) mass is 639 g/mol. The minimum atomic E-state index is 0.683. The number of anilines is 2. The molecule has 236 valence electrons. The van der Waals surface area contributed by atoms with Crippen molar-refractivity contribution in [3.05, 3.63) is 168 Å². The van der Waals surface area contributed by atoms with Gasteiger partial charge in [0.05, 0.1) is 34.8 Å². The third kappa shape index (κ3) is 4.59. The predicted octanol–water partition coefficient (Wildman–Crippen LogP) is 10.9. The van der Waals surface area contributed by atoms with Crippen LogP contribution in [0.25, 0.3) is 78.6 Å². The van der Waals surface area contributed by atoms with Crippen molar-refractivity contribution in [3.8, 4) is 33.5 Å². The summed E-state index contributed by atoms with van der Waals surface area (Å²) in [5.74, 6) is 0. The molecule has 1 aliphatic heterocycles. The highest BCUT2D eigenvalue weighted by molar-refractivity contribution is 6.21. The number of hydrogen-bond donors (Lipinski definition) is 0. The van der Waals surface area contributed by atoms with Crippen LogP contribution >= 0.6 is 0 Å². The van der Waals surface area contributed by atoms with Gasteiger partial charge < -0.3 is 4.90 Å². The van der Waals surface area contributed by atoms with E-state index in [0.29, 0.717) is 6.54 Å². The number of nitrogens with zero attached hydrogens (tertiary/aromatic N) is 3. The molecule has 7 aromatic carbocycles. The molecule has 50 heavy (non-hydrogen) atoms. The minimum Gasteiger partial charge on any atom is -0.335 e. The minimum absolute atomic E-state index is 0.683. The molecule has 1 aliphatic rings. The van der Waals surface area contributed by atoms with Crippen molar-refractivity contribution in [1.29, 1.82) is 0 Å². The molecule has 3 heteroatoms. The zero-order valence-electron chi connectivity index (χ0n) is 27.6. The van der Waals surface area contributed by atoms with Crippen molar-refractivity contribution < 1.29 is 0 Å². The molecule has 1 aromatic heterocycles. The number of benzene rings is 7. The Balaban J connectivity index is 1.36. The zero-order chi connectivity index (χ0) is 33.8. The van der Waals surface area contributed by atoms with Crippen molar-refractivity contribution in [2.75, 3.05) is 4.90 Å². The van der Waals surface area contributed by atoms with Crippen LogP contribution in [0.3, 0.4) is 0 Å². The van der Waals surface area contributed by atoms with Gasteiger partial charge in [0.15, 0.2) is 0 Å². The fourth-order valence-electron chi connectivity index (χ4n) is 7.80. The number of aliphatic imine (C=N–C) groups is 1. The number of pyridine rings is 1. The maximum Gasteiger partial charge on any atom is 0.0859 e. The fraction of sp³-hybridized carbons (Fsp3) is 0.0213. The van der Waals surface area contributed by atoms with Crippen LogP contribution < -0.4 is 15.3 Å². The number of para-hydroxylation sites is 3. The first-order valence-electron chi connectivity index (χ1n) is 16.9. The first-order valence-corrected chi connectivity index (χ1v) is 16.9. The van der Waals surface area contributed by atoms with Gasteiger partial charge in [0.25, 0.3) is 0 Å². The summed E-state index contributed by atoms with van der Waals surface area (Å²) >= 11 is 0. The second-order valence-corrected chi connectivity index (χ2v) is 12.8. The largest absolute Gasteiger partial charge is 0.335 e. The van der Waals surface area contributed by atoms with E-state index in [4.69, 9.17) is 4.98 Å². The second-order valence-electron chi connectivity index (χ2n) is 12.8. The van der Waals surface area contributed by atoms with Gasteiger partial charge in [0.1, 0.15) is 0 Å². The Hall–Kier alpha value is -6.58. The predicted molar refractivity (Wildman–Crippen MR) is 214 cm³/mol. The van der Waals surface area contributed by atoms with Gasteiger partial charge >= 0.3 is 0 Å². The second kappa shape index (κ2) is 11.8. The fourth-order valence-corrected chi connectivity index (χ4v) is 7.80. The van der Waals surface area contributed by atoms with Crippen molar-refractivity contribution in [3.63, 3.8) is 0 Å². The molecule has 0 bridgehead atoms. The molecule has 0 amide bonds. The van der Waals surface area contributed by atoms with E-state index < -0.39 is 0 Å². The van der Waals surface area contributed by atoms with Crippen LogP contribution in [0.15, 0.2) is 157 Å². The van der Waals surface area contributed by atoms with Gasteiger partial charge in [-0.3, -0.25) is 4.99 Å². The molecule has 0 atom stereocenters. The molecule has 0 aliphatic carbocycles. The molecule has 0 unspecified atom stereocenters. The lowest BCUT2D eigenvalue weighted by Crippen LogP contribution is -2.24. The van der Waals surface area contributed by atoms with E-state index in [1.54, 1.807) is 0 Å². The van der Waals surface area contributed by atoms with E-state index in [2.05, 4.69) is 163 Å². The van der Waals surface area contributed by atoms with Crippen LogP contribution in [-0.2, 0) is 6.54 Å². The van der Waals surface area contributed by atoms with Crippen LogP contribution in [0, 0.1) is 0 Å². The highest BCUT2D eigenvalue weighted by Crippen LogP contribution is 2.49. The lowest BCUT2D eigenvalue weighted by molar-refractivity contribution is 0.953. The first kappa shape index (κ1) is 29.6. The molecule has 0 saturated heterocycles. The molecule has 0 radical (unpaired) electrons. The third-order valence-corrected chi connectivity index (χ3v) is 9.99. The van der Waals surface area contributed by atoms with Crippen LogP contribution in [0.5, 0.6) is 0 Å². The highest BCUT2D eigenvalue weighted by Gasteiger charge is 2.27. The Morgan fingerprint density at radius 1 is 0.640 bits per heavy atom. The SMILES string of the molecule is C=C/C=c1/c(-c2c3ccccc3c(-c3ccc4c(c3)-c3nc5ccccc5cc3CN4c3ccccc3N=C)c3ccccc23)cccc1=C. The van der Waals surface area contributed by atoms with Crippen LogP contribution in [0.1, 0.15) is 5.56 Å². The van der Waals surface area contributed by atoms with Gasteiger partial charge in [-0.25, -0.2) is 4.98 Å². The number of aromatic nitrogens is 1. The van der Waals surface area contributed by atoms with Crippen molar-refractivity contribution in [2.45, 2.75) is 6.54 Å². The summed E-state index contributed by atoms with van der Waals surface area (Å²) in [6, 6.07) is 49.7. The smallest absolute Gasteiger partial charge is 0.0859 e. The van der Waals surface area contributed by atoms with Gasteiger partial charge in [-0.15, -0.1) is 0 Å². The van der Waals surface area contributed by atoms with Gasteiger partial charge in [0, 0.05) is 10.9 Å². The molecule has 0 N–H and O–H groups in total. The average Bonchev–Trinajstić information content (AvgIpc) is 3.16. The molecule has 3 nitrogen and oxygen atoms in total. The van der Waals surface area contributed by atoms with E-state index in [-0.39, 0.29) is 0 Å². The van der Waals surface area contributed by atoms with Crippen molar-refractivity contribution in [2.24, 2.45) is 4.99 Å². The van der Waals surface area contributed by atoms with E-state index in [0.717, 1.165) is 60.8 Å². The summed E-state index contributed by atoms with van der Waals surface area (Å²) in [6.45, 7) is 13.0. The van der Waals surface area contributed by atoms with Gasteiger partial charge in [-0.05, 0) is 103 Å². The van der Waals surface area contributed by atoms with Crippen LogP contribution in [-0.4, -0.2) is 11.7 Å². The molecule has 0 fully saturated rings. The highest BCUT2D eigenvalue weighted by atomic mass is 15.2. The van der Waals surface area contributed by atoms with Gasteiger partial charge in [-0.2, -0.15) is 0 Å². The maximum absolute atomic E-state index is 5.30. The lowest BCUT2D eigenvalue weighted by atomic mass is 9.84. The standard InChI is InChI=1S/C47H33N3/c1-4-14-34-30(2)15-13-21-35(34)46-38-19-8-6-17-36(38)45(37-18-7-9-20-39(37)46)32-25-26-43-40(28-32)47-33(27-31-16-5-10-22-41(31)49-47)29-50(43)44-24-12-11-23-42(44)48-3/h4-28H,1-3,29H2/b34-14+. The molecular weight excluding hydrogens is 607 g/mol. The van der Waals surface area contributed by atoms with Gasteiger partial charge in [-0.1, -0.05) is 128 Å². The van der Waals surface area contributed by atoms with Crippen molar-refractivity contribution >= 4 is 68.9 Å². The molecule has 0 saturated carbocycles. The van der Waals surface area contributed by atoms with E-state index in [9.17, 15) is 0 Å². The maximum atomic E-state index is 5.30. The summed E-state index contributed by atoms with van der Waals surface area (Å²) < 4.78 is 0. The van der Waals surface area contributed by atoms with E-state index in [1.165, 1.54) is 38.2 Å². The number of hydrogen-bond acceptors (Lipinski definition) is 3. The molecule has 9 rings (SSSR count). The Kier molecular flexibility index (Phi) is 6.99. The van der Waals surface area contributed by atoms with E-state index >= 15 is 0 Å². The summed E-state index contributed by atoms with van der Waals surface area (Å²) in [5, 5.41) is 7.98. The Morgan fingerprint density at radius 2 is 1.32 bits per heavy atom. The Labute approximate surface area is 291 Å². The normalized spacial score (nSPS) is 12.6. The Morgan fingerprint density at radius 3 is 2.06 bits per heavy atom. The topological polar surface area (TPSA) is 28.5 Å². The van der Waals surface area contributed by atoms with Crippen LogP contribution in [0.2, 0.25) is 0 Å². The zero-order valence-corrected chi connectivity index (χ0v) is 27.6. The van der Waals surface area contributed by atoms with E-state index in [1.807, 2.05) is 18.2 Å². The third-order valence-electron chi connectivity index (χ3n) is 9.99. The molecule has 8 aromatic rings. The first-order chi connectivity index (χ1) is 24.6. The average molecular weight is 640 g/mol. The lowest BCUT2D eigenvalue weighted by Gasteiger charge is -2.33. The van der Waals surface area contributed by atoms with Crippen LogP contribution in [0.4, 0.5) is 17.1 Å². The van der Waals surface area contributed by atoms with Crippen molar-refractivity contribution in [1.82, 2.24) is 4.98 Å².